The molecule has 3 nitrogen and oxygen atoms in total. The van der Waals surface area contributed by atoms with Crippen molar-refractivity contribution in [2.45, 2.75) is 32.4 Å². The van der Waals surface area contributed by atoms with Crippen LogP contribution in [0.3, 0.4) is 0 Å². The summed E-state index contributed by atoms with van der Waals surface area (Å²) in [5.41, 5.74) is 0. The van der Waals surface area contributed by atoms with E-state index in [2.05, 4.69) is 4.90 Å². The maximum Gasteiger partial charge on any atom is 0.104 e. The Hall–Kier alpha value is -0.120. The minimum Gasteiger partial charge on any atom is -0.396 e. The van der Waals surface area contributed by atoms with Gasteiger partial charge in [0, 0.05) is 19.7 Å². The summed E-state index contributed by atoms with van der Waals surface area (Å²) in [4.78, 5) is 2.08. The highest BCUT2D eigenvalue weighted by molar-refractivity contribution is 4.72. The molecule has 3 heteroatoms. The summed E-state index contributed by atoms with van der Waals surface area (Å²) >= 11 is 0. The highest BCUT2D eigenvalue weighted by Gasteiger charge is 2.20. The summed E-state index contributed by atoms with van der Waals surface area (Å²) < 4.78 is 0. The van der Waals surface area contributed by atoms with Crippen molar-refractivity contribution in [3.8, 4) is 0 Å². The van der Waals surface area contributed by atoms with Crippen LogP contribution in [0.25, 0.3) is 0 Å². The Balaban J connectivity index is 2.20. The van der Waals surface area contributed by atoms with E-state index in [4.69, 9.17) is 5.11 Å². The normalized spacial score (nSPS) is 24.2. The molecule has 1 unspecified atom stereocenters. The van der Waals surface area contributed by atoms with E-state index in [-0.39, 0.29) is 6.23 Å². The van der Waals surface area contributed by atoms with Gasteiger partial charge in [-0.15, -0.1) is 0 Å². The van der Waals surface area contributed by atoms with Gasteiger partial charge >= 0.3 is 0 Å². The van der Waals surface area contributed by atoms with Crippen molar-refractivity contribution < 1.29 is 10.2 Å². The molecule has 1 saturated heterocycles. The number of aliphatic hydroxyl groups is 2. The number of nitrogens with zero attached hydrogens (tertiary/aromatic N) is 1. The smallest absolute Gasteiger partial charge is 0.104 e. The Labute approximate surface area is 74.0 Å². The molecule has 1 rings (SSSR count). The fourth-order valence-corrected chi connectivity index (χ4v) is 1.80. The van der Waals surface area contributed by atoms with Crippen molar-refractivity contribution >= 4 is 0 Å². The van der Waals surface area contributed by atoms with E-state index < -0.39 is 0 Å². The third kappa shape index (κ3) is 2.73. The zero-order valence-corrected chi connectivity index (χ0v) is 7.74. The molecule has 0 spiro atoms. The fourth-order valence-electron chi connectivity index (χ4n) is 1.80. The molecule has 1 fully saturated rings. The van der Waals surface area contributed by atoms with Gasteiger partial charge in [-0.25, -0.2) is 0 Å². The Kier molecular flexibility index (Phi) is 3.98. The Morgan fingerprint density at radius 1 is 1.42 bits per heavy atom. The van der Waals surface area contributed by atoms with E-state index >= 15 is 0 Å². The summed E-state index contributed by atoms with van der Waals surface area (Å²) in [7, 11) is 0. The van der Waals surface area contributed by atoms with E-state index in [0.717, 1.165) is 32.4 Å². The molecule has 0 aliphatic carbocycles. The summed E-state index contributed by atoms with van der Waals surface area (Å²) in [6.45, 7) is 4.07. The SMILES string of the molecule is CC(O)N1CCC(CCO)CC1. The van der Waals surface area contributed by atoms with Gasteiger partial charge in [-0.05, 0) is 32.1 Å². The van der Waals surface area contributed by atoms with Crippen molar-refractivity contribution in [1.29, 1.82) is 0 Å². The topological polar surface area (TPSA) is 43.7 Å². The highest BCUT2D eigenvalue weighted by atomic mass is 16.3. The lowest BCUT2D eigenvalue weighted by molar-refractivity contribution is -0.00531. The summed E-state index contributed by atoms with van der Waals surface area (Å²) in [5.74, 6) is 0.671. The van der Waals surface area contributed by atoms with Gasteiger partial charge in [-0.2, -0.15) is 0 Å². The van der Waals surface area contributed by atoms with Crippen molar-refractivity contribution in [2.24, 2.45) is 5.92 Å². The van der Waals surface area contributed by atoms with Crippen molar-refractivity contribution in [3.63, 3.8) is 0 Å². The number of rotatable bonds is 3. The van der Waals surface area contributed by atoms with E-state index in [1.807, 2.05) is 6.92 Å². The highest BCUT2D eigenvalue weighted by Crippen LogP contribution is 2.20. The summed E-state index contributed by atoms with van der Waals surface area (Å²) in [5, 5.41) is 18.0. The molecule has 1 heterocycles. The fraction of sp³-hybridized carbons (Fsp3) is 1.00. The molecule has 72 valence electrons. The predicted molar refractivity (Wildman–Crippen MR) is 47.7 cm³/mol. The molecule has 1 atom stereocenters. The monoisotopic (exact) mass is 173 g/mol. The van der Waals surface area contributed by atoms with Gasteiger partial charge in [0.2, 0.25) is 0 Å². The second kappa shape index (κ2) is 4.80. The zero-order valence-electron chi connectivity index (χ0n) is 7.74. The van der Waals surface area contributed by atoms with Gasteiger partial charge < -0.3 is 10.2 Å². The van der Waals surface area contributed by atoms with E-state index in [0.29, 0.717) is 12.5 Å². The molecule has 0 amide bonds. The maximum absolute atomic E-state index is 9.27. The first-order valence-corrected chi connectivity index (χ1v) is 4.77. The van der Waals surface area contributed by atoms with Gasteiger partial charge in [0.1, 0.15) is 6.23 Å². The lowest BCUT2D eigenvalue weighted by Crippen LogP contribution is -2.39. The van der Waals surface area contributed by atoms with Crippen LogP contribution < -0.4 is 0 Å². The molecule has 1 aliphatic rings. The first kappa shape index (κ1) is 9.96. The zero-order chi connectivity index (χ0) is 8.97. The van der Waals surface area contributed by atoms with Crippen LogP contribution in [0.2, 0.25) is 0 Å². The molecule has 0 saturated carbocycles. The van der Waals surface area contributed by atoms with Gasteiger partial charge in [-0.1, -0.05) is 0 Å². The minimum absolute atomic E-state index is 0.305. The Bertz CT molecular complexity index is 120. The van der Waals surface area contributed by atoms with Crippen LogP contribution in [-0.4, -0.2) is 41.0 Å². The quantitative estimate of drug-likeness (QED) is 0.650. The average Bonchev–Trinajstić information content (AvgIpc) is 2.06. The van der Waals surface area contributed by atoms with Crippen LogP contribution in [0.5, 0.6) is 0 Å². The maximum atomic E-state index is 9.27. The number of hydrogen-bond donors (Lipinski definition) is 2. The lowest BCUT2D eigenvalue weighted by atomic mass is 9.94. The van der Waals surface area contributed by atoms with Crippen molar-refractivity contribution in [1.82, 2.24) is 4.90 Å². The van der Waals surface area contributed by atoms with Gasteiger partial charge in [0.25, 0.3) is 0 Å². The van der Waals surface area contributed by atoms with Gasteiger partial charge in [0.15, 0.2) is 0 Å². The summed E-state index contributed by atoms with van der Waals surface area (Å²) in [6.07, 6.45) is 2.85. The van der Waals surface area contributed by atoms with Gasteiger partial charge in [-0.3, -0.25) is 4.90 Å². The third-order valence-electron chi connectivity index (χ3n) is 2.71. The molecular weight excluding hydrogens is 154 g/mol. The van der Waals surface area contributed by atoms with Crippen LogP contribution in [0.15, 0.2) is 0 Å². The van der Waals surface area contributed by atoms with Crippen LogP contribution in [0, 0.1) is 5.92 Å². The van der Waals surface area contributed by atoms with Crippen LogP contribution in [-0.2, 0) is 0 Å². The van der Waals surface area contributed by atoms with Crippen LogP contribution in [0.1, 0.15) is 26.2 Å². The van der Waals surface area contributed by atoms with Gasteiger partial charge in [0.05, 0.1) is 0 Å². The number of likely N-dealkylation sites (tertiary alicyclic amines) is 1. The second-order valence-corrected chi connectivity index (χ2v) is 3.62. The average molecular weight is 173 g/mol. The molecule has 12 heavy (non-hydrogen) atoms. The molecule has 2 N–H and O–H groups in total. The molecule has 0 radical (unpaired) electrons. The number of hydrogen-bond acceptors (Lipinski definition) is 3. The van der Waals surface area contributed by atoms with E-state index in [1.54, 1.807) is 0 Å². The first-order chi connectivity index (χ1) is 5.74. The molecule has 1 aliphatic heterocycles. The van der Waals surface area contributed by atoms with E-state index in [1.165, 1.54) is 0 Å². The minimum atomic E-state index is -0.305. The molecule has 0 bridgehead atoms. The number of aliphatic hydroxyl groups excluding tert-OH is 2. The second-order valence-electron chi connectivity index (χ2n) is 3.62. The molecule has 0 aromatic carbocycles. The first-order valence-electron chi connectivity index (χ1n) is 4.77. The Morgan fingerprint density at radius 3 is 2.42 bits per heavy atom. The Morgan fingerprint density at radius 2 is 2.00 bits per heavy atom. The molecule has 0 aromatic rings. The predicted octanol–water partition coefficient (Wildman–Crippen LogP) is 0.419. The summed E-state index contributed by atoms with van der Waals surface area (Å²) in [6, 6.07) is 0. The van der Waals surface area contributed by atoms with Crippen molar-refractivity contribution in [3.05, 3.63) is 0 Å². The molecule has 0 aromatic heterocycles. The molecular formula is C9H19NO2. The lowest BCUT2D eigenvalue weighted by Gasteiger charge is -2.33. The standard InChI is InChI=1S/C9H19NO2/c1-8(12)10-5-2-9(3-6-10)4-7-11/h8-9,11-12H,2-7H2,1H3. The van der Waals surface area contributed by atoms with E-state index in [9.17, 15) is 5.11 Å². The van der Waals surface area contributed by atoms with Crippen molar-refractivity contribution in [2.75, 3.05) is 19.7 Å². The number of piperidine rings is 1. The van der Waals surface area contributed by atoms with Crippen LogP contribution in [0.4, 0.5) is 0 Å². The van der Waals surface area contributed by atoms with Crippen LogP contribution >= 0.6 is 0 Å². The largest absolute Gasteiger partial charge is 0.396 e. The third-order valence-corrected chi connectivity index (χ3v) is 2.71.